The van der Waals surface area contributed by atoms with Crippen LogP contribution in [0.5, 0.6) is 5.75 Å². The minimum Gasteiger partial charge on any atom is -0.494 e. The van der Waals surface area contributed by atoms with Crippen molar-refractivity contribution in [3.05, 3.63) is 53.6 Å². The third-order valence-corrected chi connectivity index (χ3v) is 5.59. The second kappa shape index (κ2) is 11.1. The van der Waals surface area contributed by atoms with Crippen molar-refractivity contribution >= 4 is 58.0 Å². The Balaban J connectivity index is 1.76. The molecule has 10 heteroatoms. The first-order chi connectivity index (χ1) is 15.8. The molecule has 0 saturated carbocycles. The van der Waals surface area contributed by atoms with E-state index in [9.17, 15) is 14.4 Å². The summed E-state index contributed by atoms with van der Waals surface area (Å²) < 4.78 is 5.41. The molecule has 1 fully saturated rings. The highest BCUT2D eigenvalue weighted by Gasteiger charge is 2.44. The molecule has 0 aliphatic carbocycles. The van der Waals surface area contributed by atoms with Gasteiger partial charge in [-0.3, -0.25) is 19.3 Å². The topological polar surface area (TPSA) is 91.0 Å². The molecule has 0 aromatic heterocycles. The first-order valence-corrected chi connectivity index (χ1v) is 11.3. The van der Waals surface area contributed by atoms with Gasteiger partial charge in [-0.2, -0.15) is 0 Å². The lowest BCUT2D eigenvalue weighted by molar-refractivity contribution is -0.124. The van der Waals surface area contributed by atoms with Gasteiger partial charge in [-0.15, -0.1) is 0 Å². The molecule has 8 nitrogen and oxygen atoms in total. The monoisotopic (exact) mass is 488 g/mol. The van der Waals surface area contributed by atoms with Crippen LogP contribution < -0.4 is 20.3 Å². The Labute approximate surface area is 202 Å². The number of anilines is 2. The third kappa shape index (κ3) is 6.21. The molecule has 3 rings (SSSR count). The third-order valence-electron chi connectivity index (χ3n) is 4.94. The summed E-state index contributed by atoms with van der Waals surface area (Å²) in [6.07, 6.45) is -0.108. The van der Waals surface area contributed by atoms with Gasteiger partial charge in [0, 0.05) is 30.7 Å². The van der Waals surface area contributed by atoms with Crippen LogP contribution in [0.15, 0.2) is 48.5 Å². The van der Waals surface area contributed by atoms with E-state index in [1.807, 2.05) is 6.92 Å². The number of carbonyl (C=O) groups excluding carboxylic acids is 3. The molecule has 1 aliphatic rings. The molecule has 0 spiro atoms. The van der Waals surface area contributed by atoms with Crippen molar-refractivity contribution in [3.8, 4) is 5.75 Å². The molecule has 174 valence electrons. The lowest BCUT2D eigenvalue weighted by atomic mass is 10.1. The van der Waals surface area contributed by atoms with E-state index in [0.29, 0.717) is 28.8 Å². The maximum Gasteiger partial charge on any atom is 0.256 e. The van der Waals surface area contributed by atoms with Crippen molar-refractivity contribution in [1.82, 2.24) is 10.2 Å². The van der Waals surface area contributed by atoms with E-state index in [1.54, 1.807) is 53.4 Å². The normalized spacial score (nSPS) is 15.5. The Morgan fingerprint density at radius 1 is 1.18 bits per heavy atom. The zero-order valence-electron chi connectivity index (χ0n) is 18.3. The molecule has 2 aromatic rings. The Bertz CT molecular complexity index is 1050. The van der Waals surface area contributed by atoms with E-state index in [4.69, 9.17) is 28.6 Å². The van der Waals surface area contributed by atoms with Crippen molar-refractivity contribution in [1.29, 1.82) is 0 Å². The molecule has 33 heavy (non-hydrogen) atoms. The number of ether oxygens (including phenoxy) is 1. The molecule has 1 heterocycles. The Morgan fingerprint density at radius 3 is 2.55 bits per heavy atom. The fourth-order valence-corrected chi connectivity index (χ4v) is 4.08. The van der Waals surface area contributed by atoms with E-state index in [1.165, 1.54) is 11.8 Å². The average molecular weight is 489 g/mol. The number of carbonyl (C=O) groups is 3. The van der Waals surface area contributed by atoms with Gasteiger partial charge in [-0.05, 0) is 61.6 Å². The van der Waals surface area contributed by atoms with Crippen molar-refractivity contribution in [3.63, 3.8) is 0 Å². The molecule has 0 unspecified atom stereocenters. The van der Waals surface area contributed by atoms with Gasteiger partial charge >= 0.3 is 0 Å². The number of nitrogens with one attached hydrogen (secondary N) is 2. The van der Waals surface area contributed by atoms with Gasteiger partial charge in [-0.25, -0.2) is 0 Å². The number of nitrogens with zero attached hydrogens (tertiary/aromatic N) is 2. The highest BCUT2D eigenvalue weighted by molar-refractivity contribution is 7.80. The lowest BCUT2D eigenvalue weighted by Gasteiger charge is -2.24. The summed E-state index contributed by atoms with van der Waals surface area (Å²) in [7, 11) is 0. The molecule has 1 saturated heterocycles. The summed E-state index contributed by atoms with van der Waals surface area (Å²) >= 11 is 11.7. The van der Waals surface area contributed by atoms with E-state index >= 15 is 0 Å². The molecule has 1 atom stereocenters. The van der Waals surface area contributed by atoms with Gasteiger partial charge < -0.3 is 20.3 Å². The minimum atomic E-state index is -0.812. The second-order valence-corrected chi connectivity index (χ2v) is 8.14. The highest BCUT2D eigenvalue weighted by Crippen LogP contribution is 2.29. The number of amides is 3. The maximum atomic E-state index is 13.3. The van der Waals surface area contributed by atoms with E-state index in [0.717, 1.165) is 0 Å². The van der Waals surface area contributed by atoms with Crippen LogP contribution in [0.1, 0.15) is 20.3 Å². The van der Waals surface area contributed by atoms with E-state index < -0.39 is 6.04 Å². The van der Waals surface area contributed by atoms with Gasteiger partial charge in [-0.1, -0.05) is 17.7 Å². The van der Waals surface area contributed by atoms with Gasteiger partial charge in [0.15, 0.2) is 5.11 Å². The predicted molar refractivity (Wildman–Crippen MR) is 132 cm³/mol. The van der Waals surface area contributed by atoms with Crippen LogP contribution in [0, 0.1) is 0 Å². The van der Waals surface area contributed by atoms with E-state index in [-0.39, 0.29) is 42.3 Å². The highest BCUT2D eigenvalue weighted by atomic mass is 35.5. The molecule has 1 aliphatic heterocycles. The molecular formula is C23H25ClN4O4S. The second-order valence-electron chi connectivity index (χ2n) is 7.34. The fraction of sp³-hybridized carbons (Fsp3) is 0.304. The summed E-state index contributed by atoms with van der Waals surface area (Å²) in [4.78, 5) is 40.4. The lowest BCUT2D eigenvalue weighted by Crippen LogP contribution is -2.42. The number of hydrogen-bond acceptors (Lipinski definition) is 5. The fourth-order valence-electron chi connectivity index (χ4n) is 3.48. The number of thiocarbonyl (C=S) groups is 1. The van der Waals surface area contributed by atoms with Crippen LogP contribution in [-0.4, -0.2) is 53.5 Å². The Hall–Kier alpha value is -3.17. The van der Waals surface area contributed by atoms with Gasteiger partial charge in [0.1, 0.15) is 11.8 Å². The summed E-state index contributed by atoms with van der Waals surface area (Å²) in [5, 5.41) is 6.22. The Kier molecular flexibility index (Phi) is 8.24. The Morgan fingerprint density at radius 2 is 1.91 bits per heavy atom. The predicted octanol–water partition coefficient (Wildman–Crippen LogP) is 3.21. The van der Waals surface area contributed by atoms with Crippen LogP contribution in [-0.2, 0) is 14.4 Å². The zero-order valence-corrected chi connectivity index (χ0v) is 19.9. The average Bonchev–Trinajstić information content (AvgIpc) is 2.99. The summed E-state index contributed by atoms with van der Waals surface area (Å²) in [5.74, 6) is -0.152. The van der Waals surface area contributed by atoms with E-state index in [2.05, 4.69) is 10.6 Å². The van der Waals surface area contributed by atoms with Gasteiger partial charge in [0.2, 0.25) is 11.8 Å². The largest absolute Gasteiger partial charge is 0.494 e. The number of rotatable bonds is 9. The zero-order chi connectivity index (χ0) is 24.0. The summed E-state index contributed by atoms with van der Waals surface area (Å²) in [5.41, 5.74) is 1.12. The van der Waals surface area contributed by atoms with Gasteiger partial charge in [0.05, 0.1) is 18.7 Å². The molecular weight excluding hydrogens is 464 g/mol. The van der Waals surface area contributed by atoms with Crippen LogP contribution in [0.4, 0.5) is 11.4 Å². The van der Waals surface area contributed by atoms with Crippen molar-refractivity contribution in [2.45, 2.75) is 26.3 Å². The maximum absolute atomic E-state index is 13.3. The molecule has 3 amide bonds. The van der Waals surface area contributed by atoms with Crippen molar-refractivity contribution in [2.24, 2.45) is 0 Å². The smallest absolute Gasteiger partial charge is 0.256 e. The standard InChI is InChI=1S/C23H25ClN4O4S/c1-3-32-19-9-7-17(8-10-19)26-21(30)14-20-22(31)28(18-6-4-5-16(24)13-18)23(33)27(20)12-11-25-15(2)29/h4-10,13,20H,3,11-12,14H2,1-2H3,(H,25,29)(H,26,30)/t20-/m1/s1. The quantitative estimate of drug-likeness (QED) is 0.527. The SMILES string of the molecule is CCOc1ccc(NC(=O)C[C@@H]2C(=O)N(c3cccc(Cl)c3)C(=S)N2CCNC(C)=O)cc1. The summed E-state index contributed by atoms with van der Waals surface area (Å²) in [6.45, 7) is 4.41. The van der Waals surface area contributed by atoms with Crippen molar-refractivity contribution in [2.75, 3.05) is 29.9 Å². The van der Waals surface area contributed by atoms with Gasteiger partial charge in [0.25, 0.3) is 5.91 Å². The molecule has 0 radical (unpaired) electrons. The minimum absolute atomic E-state index is 0.108. The summed E-state index contributed by atoms with van der Waals surface area (Å²) in [6, 6.07) is 13.0. The van der Waals surface area contributed by atoms with Crippen LogP contribution in [0.3, 0.4) is 0 Å². The molecule has 2 aromatic carbocycles. The number of benzene rings is 2. The van der Waals surface area contributed by atoms with Crippen molar-refractivity contribution < 1.29 is 19.1 Å². The number of halogens is 1. The van der Waals surface area contributed by atoms with Crippen LogP contribution in [0.2, 0.25) is 5.02 Å². The van der Waals surface area contributed by atoms with Crippen LogP contribution >= 0.6 is 23.8 Å². The van der Waals surface area contributed by atoms with Crippen LogP contribution in [0.25, 0.3) is 0 Å². The molecule has 2 N–H and O–H groups in total. The number of hydrogen-bond donors (Lipinski definition) is 2. The molecule has 0 bridgehead atoms. The first kappa shape index (κ1) is 24.5. The first-order valence-electron chi connectivity index (χ1n) is 10.5.